The molecule has 2 atom stereocenters. The maximum absolute atomic E-state index is 13.6. The van der Waals surface area contributed by atoms with Crippen molar-refractivity contribution in [3.63, 3.8) is 0 Å². The van der Waals surface area contributed by atoms with E-state index in [-0.39, 0.29) is 11.1 Å². The van der Waals surface area contributed by atoms with Crippen LogP contribution in [0, 0.1) is 18.6 Å². The first-order valence-electron chi connectivity index (χ1n) is 5.87. The van der Waals surface area contributed by atoms with Crippen molar-refractivity contribution in [1.82, 2.24) is 0 Å². The summed E-state index contributed by atoms with van der Waals surface area (Å²) in [6.45, 7) is 3.48. The third-order valence-corrected chi connectivity index (χ3v) is 2.93. The predicted octanol–water partition coefficient (Wildman–Crippen LogP) is 2.82. The lowest BCUT2D eigenvalue weighted by molar-refractivity contribution is 0.130. The van der Waals surface area contributed by atoms with Gasteiger partial charge in [0.25, 0.3) is 0 Å². The van der Waals surface area contributed by atoms with Crippen LogP contribution in [0.3, 0.4) is 0 Å². The minimum absolute atomic E-state index is 0.0386. The zero-order valence-electron chi connectivity index (χ0n) is 10.2. The molecule has 0 saturated carbocycles. The lowest BCUT2D eigenvalue weighted by atomic mass is 9.97. The van der Waals surface area contributed by atoms with E-state index in [2.05, 4.69) is 0 Å². The summed E-state index contributed by atoms with van der Waals surface area (Å²) in [5.74, 6) is -1.84. The first-order chi connectivity index (χ1) is 7.99. The van der Waals surface area contributed by atoms with E-state index in [9.17, 15) is 13.9 Å². The van der Waals surface area contributed by atoms with Crippen LogP contribution in [0.4, 0.5) is 8.78 Å². The molecule has 0 fully saturated rings. The number of aliphatic hydroxyl groups excluding tert-OH is 1. The highest BCUT2D eigenvalue weighted by molar-refractivity contribution is 5.28. The fourth-order valence-electron chi connectivity index (χ4n) is 1.72. The van der Waals surface area contributed by atoms with Crippen LogP contribution in [-0.4, -0.2) is 11.2 Å². The van der Waals surface area contributed by atoms with Crippen molar-refractivity contribution in [2.75, 3.05) is 0 Å². The SMILES string of the molecule is CCCC[C@H](O)[C@H](N)c1ccc(C)c(F)c1F. The zero-order chi connectivity index (χ0) is 13.0. The standard InChI is InChI=1S/C13H19F2NO/c1-3-4-5-10(17)13(16)9-7-6-8(2)11(14)12(9)15/h6-7,10,13,17H,3-5,16H2,1-2H3/t10-,13+/m0/s1. The van der Waals surface area contributed by atoms with E-state index >= 15 is 0 Å². The first-order valence-corrected chi connectivity index (χ1v) is 5.87. The monoisotopic (exact) mass is 243 g/mol. The molecule has 1 rings (SSSR count). The molecule has 0 saturated heterocycles. The molecule has 0 radical (unpaired) electrons. The van der Waals surface area contributed by atoms with Crippen molar-refractivity contribution in [3.05, 3.63) is 34.9 Å². The van der Waals surface area contributed by atoms with Gasteiger partial charge in [0.2, 0.25) is 0 Å². The average Bonchev–Trinajstić information content (AvgIpc) is 2.32. The van der Waals surface area contributed by atoms with Crippen molar-refractivity contribution in [2.24, 2.45) is 5.73 Å². The van der Waals surface area contributed by atoms with Gasteiger partial charge in [-0.3, -0.25) is 0 Å². The maximum Gasteiger partial charge on any atom is 0.163 e. The van der Waals surface area contributed by atoms with Crippen LogP contribution in [0.25, 0.3) is 0 Å². The van der Waals surface area contributed by atoms with Crippen molar-refractivity contribution in [1.29, 1.82) is 0 Å². The Hall–Kier alpha value is -1.00. The van der Waals surface area contributed by atoms with Crippen molar-refractivity contribution in [2.45, 2.75) is 45.3 Å². The highest BCUT2D eigenvalue weighted by Gasteiger charge is 2.22. The lowest BCUT2D eigenvalue weighted by Crippen LogP contribution is -2.27. The molecule has 4 heteroatoms. The fraction of sp³-hybridized carbons (Fsp3) is 0.538. The number of unbranched alkanes of at least 4 members (excludes halogenated alkanes) is 1. The van der Waals surface area contributed by atoms with Crippen LogP contribution >= 0.6 is 0 Å². The molecule has 0 bridgehead atoms. The van der Waals surface area contributed by atoms with Crippen LogP contribution in [0.1, 0.15) is 43.4 Å². The molecular formula is C13H19F2NO. The molecule has 0 aromatic heterocycles. The number of hydrogen-bond donors (Lipinski definition) is 2. The summed E-state index contributed by atoms with van der Waals surface area (Å²) in [6, 6.07) is 2.03. The summed E-state index contributed by atoms with van der Waals surface area (Å²) in [7, 11) is 0. The molecule has 0 spiro atoms. The highest BCUT2D eigenvalue weighted by atomic mass is 19.2. The number of rotatable bonds is 5. The minimum atomic E-state index is -0.951. The Morgan fingerprint density at radius 1 is 1.29 bits per heavy atom. The Labute approximate surface area is 100 Å². The van der Waals surface area contributed by atoms with Gasteiger partial charge in [0.15, 0.2) is 11.6 Å². The number of benzene rings is 1. The lowest BCUT2D eigenvalue weighted by Gasteiger charge is -2.20. The van der Waals surface area contributed by atoms with Gasteiger partial charge in [0.1, 0.15) is 0 Å². The molecule has 1 aromatic carbocycles. The molecule has 17 heavy (non-hydrogen) atoms. The second-order valence-corrected chi connectivity index (χ2v) is 4.34. The smallest absolute Gasteiger partial charge is 0.163 e. The molecule has 2 nitrogen and oxygen atoms in total. The number of halogens is 2. The van der Waals surface area contributed by atoms with Gasteiger partial charge in [-0.1, -0.05) is 31.9 Å². The van der Waals surface area contributed by atoms with Gasteiger partial charge in [0.05, 0.1) is 12.1 Å². The van der Waals surface area contributed by atoms with E-state index in [1.165, 1.54) is 19.1 Å². The molecule has 96 valence electrons. The third kappa shape index (κ3) is 3.23. The minimum Gasteiger partial charge on any atom is -0.391 e. The highest BCUT2D eigenvalue weighted by Crippen LogP contribution is 2.24. The quantitative estimate of drug-likeness (QED) is 0.835. The van der Waals surface area contributed by atoms with E-state index in [0.29, 0.717) is 6.42 Å². The molecule has 1 aromatic rings. The summed E-state index contributed by atoms with van der Waals surface area (Å²) in [6.07, 6.45) is 1.39. The van der Waals surface area contributed by atoms with Crippen molar-refractivity contribution in [3.8, 4) is 0 Å². The number of aliphatic hydroxyl groups is 1. The average molecular weight is 243 g/mol. The van der Waals surface area contributed by atoms with Crippen LogP contribution in [0.5, 0.6) is 0 Å². The topological polar surface area (TPSA) is 46.2 Å². The normalized spacial score (nSPS) is 14.7. The van der Waals surface area contributed by atoms with E-state index in [1.807, 2.05) is 6.92 Å². The number of hydrogen-bond acceptors (Lipinski definition) is 2. The summed E-state index contributed by atoms with van der Waals surface area (Å²) < 4.78 is 27.0. The number of nitrogens with two attached hydrogens (primary N) is 1. The van der Waals surface area contributed by atoms with Gasteiger partial charge in [-0.05, 0) is 18.9 Å². The van der Waals surface area contributed by atoms with Crippen LogP contribution in [0.2, 0.25) is 0 Å². The molecule has 0 aliphatic carbocycles. The molecule has 0 amide bonds. The van der Waals surface area contributed by atoms with Crippen LogP contribution < -0.4 is 5.73 Å². The molecule has 0 heterocycles. The Balaban J connectivity index is 2.89. The predicted molar refractivity (Wildman–Crippen MR) is 63.6 cm³/mol. The van der Waals surface area contributed by atoms with Crippen molar-refractivity contribution < 1.29 is 13.9 Å². The third-order valence-electron chi connectivity index (χ3n) is 2.93. The van der Waals surface area contributed by atoms with Crippen LogP contribution in [-0.2, 0) is 0 Å². The Morgan fingerprint density at radius 3 is 2.53 bits per heavy atom. The zero-order valence-corrected chi connectivity index (χ0v) is 10.2. The molecular weight excluding hydrogens is 224 g/mol. The Morgan fingerprint density at radius 2 is 1.94 bits per heavy atom. The van der Waals surface area contributed by atoms with Gasteiger partial charge < -0.3 is 10.8 Å². The Kier molecular flexibility index (Phi) is 5.02. The molecule has 3 N–H and O–H groups in total. The maximum atomic E-state index is 13.6. The molecule has 0 aliphatic rings. The summed E-state index contributed by atoms with van der Waals surface area (Å²) >= 11 is 0. The van der Waals surface area contributed by atoms with E-state index in [1.54, 1.807) is 0 Å². The summed E-state index contributed by atoms with van der Waals surface area (Å²) in [4.78, 5) is 0. The van der Waals surface area contributed by atoms with Gasteiger partial charge in [-0.2, -0.15) is 0 Å². The summed E-state index contributed by atoms with van der Waals surface area (Å²) in [5.41, 5.74) is 6.02. The molecule has 0 aliphatic heterocycles. The second-order valence-electron chi connectivity index (χ2n) is 4.34. The largest absolute Gasteiger partial charge is 0.391 e. The second kappa shape index (κ2) is 6.07. The van der Waals surface area contributed by atoms with Gasteiger partial charge in [-0.25, -0.2) is 8.78 Å². The van der Waals surface area contributed by atoms with Gasteiger partial charge >= 0.3 is 0 Å². The van der Waals surface area contributed by atoms with Gasteiger partial charge in [0, 0.05) is 5.56 Å². The molecule has 0 unspecified atom stereocenters. The van der Waals surface area contributed by atoms with E-state index in [4.69, 9.17) is 5.73 Å². The van der Waals surface area contributed by atoms with Crippen molar-refractivity contribution >= 4 is 0 Å². The fourth-order valence-corrected chi connectivity index (χ4v) is 1.72. The van der Waals surface area contributed by atoms with Gasteiger partial charge in [-0.15, -0.1) is 0 Å². The van der Waals surface area contributed by atoms with E-state index in [0.717, 1.165) is 12.8 Å². The number of aryl methyl sites for hydroxylation is 1. The van der Waals surface area contributed by atoms with E-state index < -0.39 is 23.8 Å². The first kappa shape index (κ1) is 14.1. The Bertz CT molecular complexity index is 382. The van der Waals surface area contributed by atoms with Crippen LogP contribution in [0.15, 0.2) is 12.1 Å². The summed E-state index contributed by atoms with van der Waals surface area (Å²) in [5, 5.41) is 9.77.